The molecule has 0 saturated carbocycles. The molecule has 0 saturated heterocycles. The number of Topliss-reactive ketones (excluding diaryl/α,β-unsaturated/α-hetero) is 2. The van der Waals surface area contributed by atoms with Crippen molar-refractivity contribution >= 4 is 23.3 Å². The van der Waals surface area contributed by atoms with Crippen molar-refractivity contribution in [2.75, 3.05) is 0 Å². The Labute approximate surface area is 206 Å². The maximum Gasteiger partial charge on any atom is 0.159 e. The molecule has 0 bridgehead atoms. The van der Waals surface area contributed by atoms with Gasteiger partial charge in [0.05, 0.1) is 0 Å². The third-order valence-corrected chi connectivity index (χ3v) is 6.93. The van der Waals surface area contributed by atoms with E-state index in [0.717, 1.165) is 35.3 Å². The molecular weight excluding hydrogens is 436 g/mol. The highest BCUT2D eigenvalue weighted by atomic mass is 32.2. The highest BCUT2D eigenvalue weighted by Gasteiger charge is 2.04. The van der Waals surface area contributed by atoms with E-state index in [1.165, 1.54) is 27.1 Å². The van der Waals surface area contributed by atoms with Crippen molar-refractivity contribution in [1.82, 2.24) is 0 Å². The summed E-state index contributed by atoms with van der Waals surface area (Å²) in [7, 11) is 0. The average molecular weight is 465 g/mol. The fourth-order valence-electron chi connectivity index (χ4n) is 3.82. The first-order valence-corrected chi connectivity index (χ1v) is 12.3. The normalized spacial score (nSPS) is 10.8. The minimum Gasteiger partial charge on any atom is -0.295 e. The largest absolute Gasteiger partial charge is 0.295 e. The topological polar surface area (TPSA) is 34.1 Å². The van der Waals surface area contributed by atoms with Gasteiger partial charge >= 0.3 is 0 Å². The summed E-state index contributed by atoms with van der Waals surface area (Å²) in [6.45, 7) is 3.19. The van der Waals surface area contributed by atoms with E-state index < -0.39 is 0 Å². The number of ketones is 2. The molecule has 0 aromatic heterocycles. The predicted octanol–water partition coefficient (Wildman–Crippen LogP) is 7.62. The Morgan fingerprint density at radius 1 is 0.500 bits per heavy atom. The SMILES string of the molecule is CC(=O)c1ccc(Cc2ccc(CCc3ccc(Sc4ccc(C(C)=O)cc4)cc3)cc2)cc1. The molecule has 0 N–H and O–H groups in total. The number of hydrogen-bond donors (Lipinski definition) is 0. The lowest BCUT2D eigenvalue weighted by molar-refractivity contribution is 0.100. The summed E-state index contributed by atoms with van der Waals surface area (Å²) in [4.78, 5) is 25.2. The molecule has 0 radical (unpaired) electrons. The summed E-state index contributed by atoms with van der Waals surface area (Å²) in [6, 6.07) is 33.2. The van der Waals surface area contributed by atoms with Crippen LogP contribution in [-0.2, 0) is 19.3 Å². The van der Waals surface area contributed by atoms with Crippen molar-refractivity contribution < 1.29 is 9.59 Å². The maximum atomic E-state index is 11.4. The van der Waals surface area contributed by atoms with Crippen molar-refractivity contribution in [2.45, 2.75) is 42.9 Å². The van der Waals surface area contributed by atoms with Crippen molar-refractivity contribution in [3.05, 3.63) is 130 Å². The smallest absolute Gasteiger partial charge is 0.159 e. The Balaban J connectivity index is 1.28. The van der Waals surface area contributed by atoms with Gasteiger partial charge in [0.25, 0.3) is 0 Å². The lowest BCUT2D eigenvalue weighted by Gasteiger charge is -2.07. The van der Waals surface area contributed by atoms with Gasteiger partial charge in [-0.05, 0) is 79.6 Å². The van der Waals surface area contributed by atoms with Gasteiger partial charge in [0.2, 0.25) is 0 Å². The highest BCUT2D eigenvalue weighted by molar-refractivity contribution is 7.99. The standard InChI is InChI=1S/C31H28O2S/c1-22(32)28-13-9-27(10-14-28)21-26-7-5-24(6-8-26)3-4-25-11-17-30(18-12-25)34-31-19-15-29(16-20-31)23(2)33/h5-20H,3-4,21H2,1-2H3. The van der Waals surface area contributed by atoms with Crippen LogP contribution in [0.2, 0.25) is 0 Å². The molecule has 0 fully saturated rings. The van der Waals surface area contributed by atoms with Gasteiger partial charge in [-0.3, -0.25) is 9.59 Å². The third kappa shape index (κ3) is 6.55. The summed E-state index contributed by atoms with van der Waals surface area (Å²) in [6.07, 6.45) is 2.88. The maximum absolute atomic E-state index is 11.4. The number of carbonyl (C=O) groups excluding carboxylic acids is 2. The van der Waals surface area contributed by atoms with E-state index in [4.69, 9.17) is 0 Å². The van der Waals surface area contributed by atoms with Crippen LogP contribution in [0.3, 0.4) is 0 Å². The van der Waals surface area contributed by atoms with Gasteiger partial charge in [0.15, 0.2) is 11.6 Å². The van der Waals surface area contributed by atoms with E-state index in [0.29, 0.717) is 0 Å². The van der Waals surface area contributed by atoms with Crippen molar-refractivity contribution in [3.63, 3.8) is 0 Å². The molecule has 0 heterocycles. The second kappa shape index (κ2) is 11.1. The molecule has 0 atom stereocenters. The van der Waals surface area contributed by atoms with E-state index in [1.807, 2.05) is 48.5 Å². The van der Waals surface area contributed by atoms with Crippen molar-refractivity contribution in [2.24, 2.45) is 0 Å². The number of benzene rings is 4. The molecule has 4 aromatic carbocycles. The Hall–Kier alpha value is -3.43. The average Bonchev–Trinajstić information content (AvgIpc) is 2.85. The first-order chi connectivity index (χ1) is 16.5. The first kappa shape index (κ1) is 23.7. The molecule has 0 aliphatic rings. The van der Waals surface area contributed by atoms with Crippen LogP contribution in [0.5, 0.6) is 0 Å². The fraction of sp³-hybridized carbons (Fsp3) is 0.161. The van der Waals surface area contributed by atoms with E-state index >= 15 is 0 Å². The quantitative estimate of drug-likeness (QED) is 0.239. The van der Waals surface area contributed by atoms with Gasteiger partial charge in [-0.25, -0.2) is 0 Å². The number of rotatable bonds is 9. The van der Waals surface area contributed by atoms with Gasteiger partial charge in [0.1, 0.15) is 0 Å². The van der Waals surface area contributed by atoms with Gasteiger partial charge in [0, 0.05) is 20.9 Å². The number of aryl methyl sites for hydroxylation is 2. The van der Waals surface area contributed by atoms with Crippen LogP contribution in [0.1, 0.15) is 56.8 Å². The monoisotopic (exact) mass is 464 g/mol. The van der Waals surface area contributed by atoms with E-state index in [9.17, 15) is 9.59 Å². The molecule has 170 valence electrons. The molecule has 2 nitrogen and oxygen atoms in total. The third-order valence-electron chi connectivity index (χ3n) is 5.91. The minimum atomic E-state index is 0.0935. The molecule has 34 heavy (non-hydrogen) atoms. The summed E-state index contributed by atoms with van der Waals surface area (Å²) in [5.74, 6) is 0.195. The van der Waals surface area contributed by atoms with Crippen LogP contribution in [0.15, 0.2) is 107 Å². The molecule has 4 rings (SSSR count). The highest BCUT2D eigenvalue weighted by Crippen LogP contribution is 2.28. The van der Waals surface area contributed by atoms with E-state index in [1.54, 1.807) is 25.6 Å². The van der Waals surface area contributed by atoms with Crippen LogP contribution in [0.25, 0.3) is 0 Å². The van der Waals surface area contributed by atoms with Crippen LogP contribution in [0.4, 0.5) is 0 Å². The molecule has 0 aliphatic carbocycles. The zero-order valence-corrected chi connectivity index (χ0v) is 20.4. The first-order valence-electron chi connectivity index (χ1n) is 11.5. The van der Waals surface area contributed by atoms with Gasteiger partial charge < -0.3 is 0 Å². The summed E-state index contributed by atoms with van der Waals surface area (Å²) >= 11 is 1.71. The molecule has 3 heteroatoms. The van der Waals surface area contributed by atoms with Crippen molar-refractivity contribution in [1.29, 1.82) is 0 Å². The Morgan fingerprint density at radius 3 is 1.26 bits per heavy atom. The van der Waals surface area contributed by atoms with Crippen molar-refractivity contribution in [3.8, 4) is 0 Å². The Morgan fingerprint density at radius 2 is 0.824 bits per heavy atom. The number of carbonyl (C=O) groups is 2. The second-order valence-electron chi connectivity index (χ2n) is 8.57. The second-order valence-corrected chi connectivity index (χ2v) is 9.72. The van der Waals surface area contributed by atoms with Gasteiger partial charge in [-0.15, -0.1) is 0 Å². The molecule has 0 unspecified atom stereocenters. The molecule has 4 aromatic rings. The van der Waals surface area contributed by atoms with Crippen LogP contribution in [-0.4, -0.2) is 11.6 Å². The van der Waals surface area contributed by atoms with Gasteiger partial charge in [-0.2, -0.15) is 0 Å². The number of hydrogen-bond acceptors (Lipinski definition) is 3. The van der Waals surface area contributed by atoms with Crippen LogP contribution in [0, 0.1) is 0 Å². The lowest BCUT2D eigenvalue weighted by atomic mass is 9.99. The van der Waals surface area contributed by atoms with Gasteiger partial charge in [-0.1, -0.05) is 84.6 Å². The summed E-state index contributed by atoms with van der Waals surface area (Å²) < 4.78 is 0. The molecule has 0 spiro atoms. The van der Waals surface area contributed by atoms with E-state index in [2.05, 4.69) is 48.5 Å². The lowest BCUT2D eigenvalue weighted by Crippen LogP contribution is -1.95. The van der Waals surface area contributed by atoms with E-state index in [-0.39, 0.29) is 11.6 Å². The Bertz CT molecular complexity index is 1150. The van der Waals surface area contributed by atoms with Crippen LogP contribution >= 0.6 is 11.8 Å². The minimum absolute atomic E-state index is 0.0935. The van der Waals surface area contributed by atoms with Crippen LogP contribution < -0.4 is 0 Å². The zero-order valence-electron chi connectivity index (χ0n) is 19.6. The molecule has 0 aliphatic heterocycles. The summed E-state index contributed by atoms with van der Waals surface area (Å²) in [5.41, 5.74) is 6.65. The fourth-order valence-corrected chi connectivity index (χ4v) is 4.64. The molecular formula is C31H28O2S. The zero-order chi connectivity index (χ0) is 23.9. The summed E-state index contributed by atoms with van der Waals surface area (Å²) in [5, 5.41) is 0. The molecule has 0 amide bonds. The predicted molar refractivity (Wildman–Crippen MR) is 140 cm³/mol. The Kier molecular flexibility index (Phi) is 7.76.